The van der Waals surface area contributed by atoms with Gasteiger partial charge in [-0.05, 0) is 36.8 Å². The molecule has 0 aromatic carbocycles. The SMILES string of the molecule is CC(Oc1ncccc1C(=O)O)c1ccncc1. The third kappa shape index (κ3) is 2.63. The summed E-state index contributed by atoms with van der Waals surface area (Å²) in [6.07, 6.45) is 4.53. The number of hydrogen-bond acceptors (Lipinski definition) is 4. The van der Waals surface area contributed by atoms with Crippen molar-refractivity contribution in [3.63, 3.8) is 0 Å². The summed E-state index contributed by atoms with van der Waals surface area (Å²) in [4.78, 5) is 18.9. The lowest BCUT2D eigenvalue weighted by Gasteiger charge is -2.15. The van der Waals surface area contributed by atoms with E-state index in [2.05, 4.69) is 9.97 Å². The summed E-state index contributed by atoms with van der Waals surface area (Å²) >= 11 is 0. The van der Waals surface area contributed by atoms with Gasteiger partial charge in [0, 0.05) is 18.6 Å². The molecule has 0 spiro atoms. The predicted molar refractivity (Wildman–Crippen MR) is 64.5 cm³/mol. The Morgan fingerprint density at radius 2 is 2.00 bits per heavy atom. The molecule has 0 aliphatic rings. The number of pyridine rings is 2. The summed E-state index contributed by atoms with van der Waals surface area (Å²) in [6, 6.07) is 6.65. The van der Waals surface area contributed by atoms with E-state index >= 15 is 0 Å². The van der Waals surface area contributed by atoms with Crippen molar-refractivity contribution in [3.8, 4) is 5.88 Å². The number of ether oxygens (including phenoxy) is 1. The van der Waals surface area contributed by atoms with Crippen LogP contribution >= 0.6 is 0 Å². The fourth-order valence-electron chi connectivity index (χ4n) is 1.52. The second-order valence-electron chi connectivity index (χ2n) is 3.70. The molecule has 0 fully saturated rings. The largest absolute Gasteiger partial charge is 0.477 e. The van der Waals surface area contributed by atoms with Crippen molar-refractivity contribution in [1.82, 2.24) is 9.97 Å². The molecule has 0 bridgehead atoms. The highest BCUT2D eigenvalue weighted by Gasteiger charge is 2.15. The molecule has 2 rings (SSSR count). The second-order valence-corrected chi connectivity index (χ2v) is 3.70. The molecule has 2 heterocycles. The molecule has 1 atom stereocenters. The Bertz CT molecular complexity index is 543. The van der Waals surface area contributed by atoms with E-state index in [0.717, 1.165) is 5.56 Å². The predicted octanol–water partition coefficient (Wildman–Crippen LogP) is 2.31. The van der Waals surface area contributed by atoms with Crippen LogP contribution in [0.15, 0.2) is 42.9 Å². The van der Waals surface area contributed by atoms with Gasteiger partial charge in [0.05, 0.1) is 0 Å². The van der Waals surface area contributed by atoms with Gasteiger partial charge < -0.3 is 9.84 Å². The molecule has 5 heteroatoms. The molecule has 2 aromatic heterocycles. The minimum absolute atomic E-state index is 0.0541. The van der Waals surface area contributed by atoms with Crippen molar-refractivity contribution in [3.05, 3.63) is 54.0 Å². The minimum Gasteiger partial charge on any atom is -0.477 e. The monoisotopic (exact) mass is 244 g/mol. The second kappa shape index (κ2) is 5.27. The third-order valence-corrected chi connectivity index (χ3v) is 2.47. The Morgan fingerprint density at radius 1 is 1.28 bits per heavy atom. The molecule has 2 aromatic rings. The topological polar surface area (TPSA) is 72.3 Å². The van der Waals surface area contributed by atoms with Gasteiger partial charge in [0.2, 0.25) is 5.88 Å². The van der Waals surface area contributed by atoms with Crippen LogP contribution < -0.4 is 4.74 Å². The van der Waals surface area contributed by atoms with E-state index < -0.39 is 5.97 Å². The van der Waals surface area contributed by atoms with E-state index in [4.69, 9.17) is 9.84 Å². The number of aromatic nitrogens is 2. The summed E-state index contributed by atoms with van der Waals surface area (Å²) in [5.74, 6) is -0.936. The van der Waals surface area contributed by atoms with E-state index in [9.17, 15) is 4.79 Å². The first-order valence-corrected chi connectivity index (χ1v) is 5.43. The average Bonchev–Trinajstić information content (AvgIpc) is 2.40. The van der Waals surface area contributed by atoms with Crippen LogP contribution in [0.3, 0.4) is 0 Å². The van der Waals surface area contributed by atoms with Crippen LogP contribution in [0.2, 0.25) is 0 Å². The van der Waals surface area contributed by atoms with Gasteiger partial charge in [0.15, 0.2) is 0 Å². The molecule has 0 saturated heterocycles. The standard InChI is InChI=1S/C13H12N2O3/c1-9(10-4-7-14-8-5-10)18-12-11(13(16)17)3-2-6-15-12/h2-9H,1H3,(H,16,17). The zero-order valence-electron chi connectivity index (χ0n) is 9.78. The van der Waals surface area contributed by atoms with E-state index in [0.29, 0.717) is 0 Å². The Kier molecular flexibility index (Phi) is 3.52. The maximum atomic E-state index is 11.0. The van der Waals surface area contributed by atoms with Crippen LogP contribution in [0.5, 0.6) is 5.88 Å². The van der Waals surface area contributed by atoms with E-state index in [1.165, 1.54) is 12.3 Å². The molecule has 18 heavy (non-hydrogen) atoms. The fourth-order valence-corrected chi connectivity index (χ4v) is 1.52. The molecule has 5 nitrogen and oxygen atoms in total. The molecule has 0 amide bonds. The summed E-state index contributed by atoms with van der Waals surface area (Å²) in [5.41, 5.74) is 0.963. The number of carboxylic acid groups (broad SMARTS) is 1. The lowest BCUT2D eigenvalue weighted by molar-refractivity contribution is 0.0688. The first-order chi connectivity index (χ1) is 8.68. The minimum atomic E-state index is -1.06. The number of rotatable bonds is 4. The number of aromatic carboxylic acids is 1. The summed E-state index contributed by atoms with van der Waals surface area (Å²) in [6.45, 7) is 1.83. The van der Waals surface area contributed by atoms with Crippen LogP contribution in [0.1, 0.15) is 28.9 Å². The first-order valence-electron chi connectivity index (χ1n) is 5.43. The Balaban J connectivity index is 2.22. The first kappa shape index (κ1) is 12.0. The van der Waals surface area contributed by atoms with Crippen LogP contribution in [0.25, 0.3) is 0 Å². The summed E-state index contributed by atoms with van der Waals surface area (Å²) < 4.78 is 5.57. The summed E-state index contributed by atoms with van der Waals surface area (Å²) in [5, 5.41) is 9.02. The quantitative estimate of drug-likeness (QED) is 0.893. The smallest absolute Gasteiger partial charge is 0.341 e. The van der Waals surface area contributed by atoms with Crippen molar-refractivity contribution >= 4 is 5.97 Å². The highest BCUT2D eigenvalue weighted by Crippen LogP contribution is 2.22. The fraction of sp³-hybridized carbons (Fsp3) is 0.154. The molecule has 0 radical (unpaired) electrons. The molecule has 0 aliphatic carbocycles. The Labute approximate surface area is 104 Å². The average molecular weight is 244 g/mol. The van der Waals surface area contributed by atoms with Crippen LogP contribution in [-0.2, 0) is 0 Å². The number of carbonyl (C=O) groups is 1. The maximum Gasteiger partial charge on any atom is 0.341 e. The Morgan fingerprint density at radius 3 is 2.67 bits per heavy atom. The van der Waals surface area contributed by atoms with E-state index in [1.807, 2.05) is 19.1 Å². The van der Waals surface area contributed by atoms with Gasteiger partial charge in [0.1, 0.15) is 11.7 Å². The molecule has 0 saturated carbocycles. The van der Waals surface area contributed by atoms with Crippen LogP contribution in [0.4, 0.5) is 0 Å². The van der Waals surface area contributed by atoms with Gasteiger partial charge in [-0.25, -0.2) is 9.78 Å². The molecular formula is C13H12N2O3. The lowest BCUT2D eigenvalue weighted by Crippen LogP contribution is -2.08. The Hall–Kier alpha value is -2.43. The van der Waals surface area contributed by atoms with Crippen molar-refractivity contribution in [2.24, 2.45) is 0 Å². The number of carboxylic acids is 1. The van der Waals surface area contributed by atoms with Crippen LogP contribution in [-0.4, -0.2) is 21.0 Å². The summed E-state index contributed by atoms with van der Waals surface area (Å²) in [7, 11) is 0. The molecule has 92 valence electrons. The highest BCUT2D eigenvalue weighted by atomic mass is 16.5. The van der Waals surface area contributed by atoms with Gasteiger partial charge in [0.25, 0.3) is 0 Å². The van der Waals surface area contributed by atoms with Crippen molar-refractivity contribution in [2.45, 2.75) is 13.0 Å². The van der Waals surface area contributed by atoms with Crippen LogP contribution in [0, 0.1) is 0 Å². The lowest BCUT2D eigenvalue weighted by atomic mass is 10.2. The molecule has 1 N–H and O–H groups in total. The number of nitrogens with zero attached hydrogens (tertiary/aromatic N) is 2. The number of hydrogen-bond donors (Lipinski definition) is 1. The molecule has 0 aliphatic heterocycles. The third-order valence-electron chi connectivity index (χ3n) is 2.47. The molecular weight excluding hydrogens is 232 g/mol. The highest BCUT2D eigenvalue weighted by molar-refractivity contribution is 5.90. The van der Waals surface area contributed by atoms with Gasteiger partial charge in [-0.2, -0.15) is 0 Å². The van der Waals surface area contributed by atoms with Gasteiger partial charge in [-0.1, -0.05) is 0 Å². The van der Waals surface area contributed by atoms with Crippen molar-refractivity contribution < 1.29 is 14.6 Å². The normalized spacial score (nSPS) is 11.8. The zero-order chi connectivity index (χ0) is 13.0. The van der Waals surface area contributed by atoms with Gasteiger partial charge in [-0.15, -0.1) is 0 Å². The van der Waals surface area contributed by atoms with Gasteiger partial charge in [-0.3, -0.25) is 4.98 Å². The maximum absolute atomic E-state index is 11.0. The van der Waals surface area contributed by atoms with Crippen molar-refractivity contribution in [2.75, 3.05) is 0 Å². The molecule has 1 unspecified atom stereocenters. The van der Waals surface area contributed by atoms with E-state index in [1.54, 1.807) is 18.5 Å². The van der Waals surface area contributed by atoms with E-state index in [-0.39, 0.29) is 17.5 Å². The zero-order valence-corrected chi connectivity index (χ0v) is 9.78. The van der Waals surface area contributed by atoms with Crippen molar-refractivity contribution in [1.29, 1.82) is 0 Å². The van der Waals surface area contributed by atoms with Gasteiger partial charge >= 0.3 is 5.97 Å².